The SMILES string of the molecule is Cc1nn([C@H]2CCS(=O)(=O)C2)c(C)c1C[NH+](C)Cc1ccc(Cl)cc1Cl. The number of halogens is 2. The third kappa shape index (κ3) is 4.25. The molecule has 3 rings (SSSR count). The van der Waals surface area contributed by atoms with E-state index >= 15 is 0 Å². The summed E-state index contributed by atoms with van der Waals surface area (Å²) in [6, 6.07) is 5.53. The second-order valence-corrected chi connectivity index (χ2v) is 10.3. The van der Waals surface area contributed by atoms with Crippen molar-refractivity contribution in [3.8, 4) is 0 Å². The Hall–Kier alpha value is -1.08. The smallest absolute Gasteiger partial charge is 0.152 e. The summed E-state index contributed by atoms with van der Waals surface area (Å²) in [4.78, 5) is 1.28. The van der Waals surface area contributed by atoms with Gasteiger partial charge in [-0.05, 0) is 32.4 Å². The molecule has 0 bridgehead atoms. The van der Waals surface area contributed by atoms with Gasteiger partial charge in [-0.15, -0.1) is 0 Å². The molecule has 2 heterocycles. The molecule has 8 heteroatoms. The minimum Gasteiger partial charge on any atom is -0.330 e. The fraction of sp³-hybridized carbons (Fsp3) is 0.500. The lowest BCUT2D eigenvalue weighted by Gasteiger charge is -2.16. The standard InChI is InChI=1S/C18H23Cl2N3O2S/c1-12-17(10-22(3)9-14-4-5-15(19)8-18(14)20)13(2)23(21-12)16-6-7-26(24,25)11-16/h4-5,8,16H,6-7,9-11H2,1-3H3/p+1/t16-/m0/s1. The van der Waals surface area contributed by atoms with Gasteiger partial charge < -0.3 is 4.90 Å². The summed E-state index contributed by atoms with van der Waals surface area (Å²) >= 11 is 12.2. The van der Waals surface area contributed by atoms with Crippen LogP contribution < -0.4 is 4.90 Å². The van der Waals surface area contributed by atoms with E-state index in [9.17, 15) is 8.42 Å². The Morgan fingerprint density at radius 2 is 2.00 bits per heavy atom. The number of nitrogens with zero attached hydrogens (tertiary/aromatic N) is 2. The van der Waals surface area contributed by atoms with E-state index in [4.69, 9.17) is 23.2 Å². The Kier molecular flexibility index (Phi) is 5.68. The lowest BCUT2D eigenvalue weighted by Crippen LogP contribution is -3.06. The highest BCUT2D eigenvalue weighted by Crippen LogP contribution is 2.26. The van der Waals surface area contributed by atoms with Crippen molar-refractivity contribution in [1.29, 1.82) is 0 Å². The molecule has 0 saturated carbocycles. The number of aryl methyl sites for hydroxylation is 1. The summed E-state index contributed by atoms with van der Waals surface area (Å²) in [7, 11) is -0.815. The van der Waals surface area contributed by atoms with E-state index in [-0.39, 0.29) is 17.5 Å². The zero-order valence-corrected chi connectivity index (χ0v) is 17.5. The van der Waals surface area contributed by atoms with Crippen LogP contribution in [0.4, 0.5) is 0 Å². The summed E-state index contributed by atoms with van der Waals surface area (Å²) in [6.45, 7) is 5.60. The van der Waals surface area contributed by atoms with E-state index in [1.165, 1.54) is 10.5 Å². The Labute approximate surface area is 164 Å². The first kappa shape index (κ1) is 19.7. The van der Waals surface area contributed by atoms with Gasteiger partial charge in [0.1, 0.15) is 13.1 Å². The Bertz CT molecular complexity index is 925. The van der Waals surface area contributed by atoms with Gasteiger partial charge in [-0.2, -0.15) is 5.10 Å². The molecule has 142 valence electrons. The number of aromatic nitrogens is 2. The van der Waals surface area contributed by atoms with Gasteiger partial charge in [0.2, 0.25) is 0 Å². The van der Waals surface area contributed by atoms with Crippen molar-refractivity contribution in [3.63, 3.8) is 0 Å². The van der Waals surface area contributed by atoms with Crippen LogP contribution in [0.25, 0.3) is 0 Å². The highest BCUT2D eigenvalue weighted by molar-refractivity contribution is 7.91. The third-order valence-electron chi connectivity index (χ3n) is 5.02. The molecule has 1 aliphatic heterocycles. The van der Waals surface area contributed by atoms with Crippen molar-refractivity contribution in [2.75, 3.05) is 18.6 Å². The zero-order valence-electron chi connectivity index (χ0n) is 15.2. The summed E-state index contributed by atoms with van der Waals surface area (Å²) < 4.78 is 25.5. The number of quaternary nitrogens is 1. The van der Waals surface area contributed by atoms with Crippen LogP contribution in [-0.4, -0.2) is 36.8 Å². The first-order chi connectivity index (χ1) is 12.2. The molecule has 1 aromatic heterocycles. The van der Waals surface area contributed by atoms with Gasteiger partial charge in [0.05, 0.1) is 40.9 Å². The van der Waals surface area contributed by atoms with Crippen molar-refractivity contribution < 1.29 is 13.3 Å². The molecule has 1 aliphatic rings. The van der Waals surface area contributed by atoms with Gasteiger partial charge in [0.25, 0.3) is 0 Å². The molecule has 1 N–H and O–H groups in total. The van der Waals surface area contributed by atoms with Crippen molar-refractivity contribution in [2.45, 2.75) is 39.4 Å². The summed E-state index contributed by atoms with van der Waals surface area (Å²) in [6.07, 6.45) is 0.646. The number of sulfone groups is 1. The van der Waals surface area contributed by atoms with Crippen LogP contribution in [-0.2, 0) is 22.9 Å². The molecular formula is C18H24Cl2N3O2S+. The average molecular weight is 417 g/mol. The van der Waals surface area contributed by atoms with Crippen LogP contribution >= 0.6 is 23.2 Å². The number of nitrogens with one attached hydrogen (secondary N) is 1. The Balaban J connectivity index is 1.75. The largest absolute Gasteiger partial charge is 0.330 e. The maximum absolute atomic E-state index is 11.8. The van der Waals surface area contributed by atoms with Gasteiger partial charge in [-0.1, -0.05) is 29.3 Å². The maximum Gasteiger partial charge on any atom is 0.152 e. The Morgan fingerprint density at radius 3 is 2.62 bits per heavy atom. The average Bonchev–Trinajstić information content (AvgIpc) is 3.04. The fourth-order valence-corrected chi connectivity index (χ4v) is 5.80. The molecule has 0 aliphatic carbocycles. The molecule has 0 amide bonds. The van der Waals surface area contributed by atoms with Crippen LogP contribution in [0, 0.1) is 13.8 Å². The molecular weight excluding hydrogens is 393 g/mol. The predicted molar refractivity (Wildman–Crippen MR) is 105 cm³/mol. The minimum absolute atomic E-state index is 0.0431. The van der Waals surface area contributed by atoms with Crippen molar-refractivity contribution in [3.05, 3.63) is 50.8 Å². The minimum atomic E-state index is -2.93. The molecule has 2 aromatic rings. The second-order valence-electron chi connectivity index (χ2n) is 7.20. The van der Waals surface area contributed by atoms with Crippen LogP contribution in [0.5, 0.6) is 0 Å². The maximum atomic E-state index is 11.8. The second kappa shape index (κ2) is 7.50. The molecule has 0 spiro atoms. The van der Waals surface area contributed by atoms with E-state index < -0.39 is 9.84 Å². The molecule has 2 atom stereocenters. The van der Waals surface area contributed by atoms with E-state index in [2.05, 4.69) is 12.1 Å². The van der Waals surface area contributed by atoms with Crippen LogP contribution in [0.2, 0.25) is 10.0 Å². The Morgan fingerprint density at radius 1 is 1.27 bits per heavy atom. The molecule has 1 saturated heterocycles. The first-order valence-corrected chi connectivity index (χ1v) is 11.2. The van der Waals surface area contributed by atoms with Gasteiger partial charge in [0, 0.05) is 16.3 Å². The lowest BCUT2D eigenvalue weighted by atomic mass is 10.1. The molecule has 1 aromatic carbocycles. The van der Waals surface area contributed by atoms with Crippen LogP contribution in [0.1, 0.15) is 35.0 Å². The third-order valence-corrected chi connectivity index (χ3v) is 7.35. The van der Waals surface area contributed by atoms with Crippen molar-refractivity contribution in [2.24, 2.45) is 0 Å². The topological polar surface area (TPSA) is 56.4 Å². The molecule has 26 heavy (non-hydrogen) atoms. The van der Waals surface area contributed by atoms with Gasteiger partial charge in [-0.25, -0.2) is 8.42 Å². The monoisotopic (exact) mass is 416 g/mol. The van der Waals surface area contributed by atoms with Crippen molar-refractivity contribution >= 4 is 33.0 Å². The molecule has 0 radical (unpaired) electrons. The molecule has 1 unspecified atom stereocenters. The highest BCUT2D eigenvalue weighted by Gasteiger charge is 2.31. The predicted octanol–water partition coefficient (Wildman–Crippen LogP) is 2.38. The number of hydrogen-bond donors (Lipinski definition) is 1. The van der Waals surface area contributed by atoms with Crippen LogP contribution in [0.3, 0.4) is 0 Å². The quantitative estimate of drug-likeness (QED) is 0.813. The molecule has 5 nitrogen and oxygen atoms in total. The van der Waals surface area contributed by atoms with E-state index in [1.54, 1.807) is 6.07 Å². The van der Waals surface area contributed by atoms with E-state index in [0.717, 1.165) is 30.0 Å². The summed E-state index contributed by atoms with van der Waals surface area (Å²) in [5.74, 6) is 0.447. The van der Waals surface area contributed by atoms with Gasteiger partial charge >= 0.3 is 0 Å². The number of hydrogen-bond acceptors (Lipinski definition) is 3. The van der Waals surface area contributed by atoms with Crippen molar-refractivity contribution in [1.82, 2.24) is 9.78 Å². The summed E-state index contributed by atoms with van der Waals surface area (Å²) in [5, 5.41) is 5.96. The van der Waals surface area contributed by atoms with Gasteiger partial charge in [-0.3, -0.25) is 4.68 Å². The zero-order chi connectivity index (χ0) is 19.1. The number of rotatable bonds is 5. The summed E-state index contributed by atoms with van der Waals surface area (Å²) in [5.41, 5.74) is 4.26. The fourth-order valence-electron chi connectivity index (χ4n) is 3.63. The molecule has 1 fully saturated rings. The normalized spacial score (nSPS) is 20.4. The van der Waals surface area contributed by atoms with Crippen LogP contribution in [0.15, 0.2) is 18.2 Å². The van der Waals surface area contributed by atoms with Gasteiger partial charge in [0.15, 0.2) is 9.84 Å². The van der Waals surface area contributed by atoms with E-state index in [1.807, 2.05) is 30.7 Å². The van der Waals surface area contributed by atoms with E-state index in [0.29, 0.717) is 16.5 Å². The first-order valence-electron chi connectivity index (χ1n) is 8.66. The number of benzene rings is 1. The lowest BCUT2D eigenvalue weighted by molar-refractivity contribution is -0.907. The highest BCUT2D eigenvalue weighted by atomic mass is 35.5.